The van der Waals surface area contributed by atoms with Crippen molar-refractivity contribution in [1.82, 2.24) is 15.3 Å². The third-order valence-corrected chi connectivity index (χ3v) is 5.90. The number of nitriles is 1. The molecule has 0 radical (unpaired) electrons. The summed E-state index contributed by atoms with van der Waals surface area (Å²) in [7, 11) is 0. The maximum absolute atomic E-state index is 12.6. The molecule has 3 aromatic rings. The van der Waals surface area contributed by atoms with Gasteiger partial charge in [0, 0.05) is 29.2 Å². The Morgan fingerprint density at radius 1 is 1.17 bits per heavy atom. The van der Waals surface area contributed by atoms with E-state index in [1.54, 1.807) is 41.8 Å². The average molecular weight is 420 g/mol. The van der Waals surface area contributed by atoms with Crippen molar-refractivity contribution >= 4 is 17.2 Å². The van der Waals surface area contributed by atoms with Crippen LogP contribution >= 0.6 is 11.3 Å². The Morgan fingerprint density at radius 3 is 2.60 bits per heavy atom. The Balaban J connectivity index is 1.28. The number of aromatic hydroxyl groups is 1. The van der Waals surface area contributed by atoms with Gasteiger partial charge < -0.3 is 15.2 Å². The van der Waals surface area contributed by atoms with Gasteiger partial charge in [-0.05, 0) is 56.0 Å². The van der Waals surface area contributed by atoms with Gasteiger partial charge in [-0.2, -0.15) is 5.26 Å². The van der Waals surface area contributed by atoms with Crippen LogP contribution in [-0.2, 0) is 0 Å². The first-order valence-electron chi connectivity index (χ1n) is 9.69. The molecule has 1 amide bonds. The fourth-order valence-electron chi connectivity index (χ4n) is 3.39. The number of carbonyl (C=O) groups is 1. The van der Waals surface area contributed by atoms with Gasteiger partial charge in [-0.1, -0.05) is 0 Å². The number of amides is 1. The SMILES string of the molecule is N#Cc1ccc(OC2CCC(NC(=O)c3csc(-c4ccc(O)cc4)n3)CC2)nc1. The van der Waals surface area contributed by atoms with Gasteiger partial charge in [0.25, 0.3) is 5.91 Å². The van der Waals surface area contributed by atoms with Crippen LogP contribution in [0.15, 0.2) is 48.0 Å². The van der Waals surface area contributed by atoms with Crippen LogP contribution in [-0.4, -0.2) is 33.1 Å². The van der Waals surface area contributed by atoms with E-state index in [4.69, 9.17) is 10.00 Å². The number of rotatable bonds is 5. The Kier molecular flexibility index (Phi) is 5.91. The number of phenolic OH excluding ortho intramolecular Hbond substituents is 1. The second kappa shape index (κ2) is 8.93. The molecule has 1 fully saturated rings. The third-order valence-electron chi connectivity index (χ3n) is 5.01. The summed E-state index contributed by atoms with van der Waals surface area (Å²) in [5.74, 6) is 0.544. The van der Waals surface area contributed by atoms with E-state index in [9.17, 15) is 9.90 Å². The van der Waals surface area contributed by atoms with Crippen LogP contribution in [0.3, 0.4) is 0 Å². The van der Waals surface area contributed by atoms with Gasteiger partial charge in [0.1, 0.15) is 28.6 Å². The Hall–Kier alpha value is -3.44. The van der Waals surface area contributed by atoms with E-state index in [1.165, 1.54) is 17.5 Å². The molecule has 4 rings (SSSR count). The van der Waals surface area contributed by atoms with Crippen molar-refractivity contribution in [3.8, 4) is 28.3 Å². The molecule has 8 heteroatoms. The highest BCUT2D eigenvalue weighted by Gasteiger charge is 2.25. The van der Waals surface area contributed by atoms with Crippen LogP contribution in [0.25, 0.3) is 10.6 Å². The molecule has 1 aliphatic carbocycles. The van der Waals surface area contributed by atoms with Crippen LogP contribution in [0.4, 0.5) is 0 Å². The molecule has 0 saturated heterocycles. The molecule has 152 valence electrons. The molecule has 1 saturated carbocycles. The first kappa shape index (κ1) is 19.9. The van der Waals surface area contributed by atoms with Crippen molar-refractivity contribution in [2.45, 2.75) is 37.8 Å². The summed E-state index contributed by atoms with van der Waals surface area (Å²) in [4.78, 5) is 21.1. The summed E-state index contributed by atoms with van der Waals surface area (Å²) in [6.07, 6.45) is 4.84. The van der Waals surface area contributed by atoms with Crippen molar-refractivity contribution in [1.29, 1.82) is 5.26 Å². The number of aromatic nitrogens is 2. The van der Waals surface area contributed by atoms with Gasteiger partial charge in [0.2, 0.25) is 5.88 Å². The molecule has 1 aromatic carbocycles. The summed E-state index contributed by atoms with van der Waals surface area (Å²) in [6.45, 7) is 0. The fourth-order valence-corrected chi connectivity index (χ4v) is 4.19. The topological polar surface area (TPSA) is 108 Å². The van der Waals surface area contributed by atoms with Gasteiger partial charge in [-0.25, -0.2) is 9.97 Å². The van der Waals surface area contributed by atoms with Crippen molar-refractivity contribution in [2.75, 3.05) is 0 Å². The van der Waals surface area contributed by atoms with Crippen LogP contribution in [0.1, 0.15) is 41.7 Å². The predicted molar refractivity (Wildman–Crippen MR) is 112 cm³/mol. The quantitative estimate of drug-likeness (QED) is 0.648. The van der Waals surface area contributed by atoms with Crippen LogP contribution in [0.5, 0.6) is 11.6 Å². The Labute approximate surface area is 178 Å². The second-order valence-corrected chi connectivity index (χ2v) is 8.00. The van der Waals surface area contributed by atoms with Crippen LogP contribution < -0.4 is 10.1 Å². The number of nitrogens with one attached hydrogen (secondary N) is 1. The smallest absolute Gasteiger partial charge is 0.270 e. The summed E-state index contributed by atoms with van der Waals surface area (Å²) in [5.41, 5.74) is 1.78. The molecule has 2 heterocycles. The highest BCUT2D eigenvalue weighted by molar-refractivity contribution is 7.13. The van der Waals surface area contributed by atoms with Crippen LogP contribution in [0, 0.1) is 11.3 Å². The predicted octanol–water partition coefficient (Wildman–Crippen LogP) is 3.90. The molecule has 0 atom stereocenters. The van der Waals surface area contributed by atoms with E-state index in [0.717, 1.165) is 36.3 Å². The molecule has 2 N–H and O–H groups in total. The largest absolute Gasteiger partial charge is 0.508 e. The molecule has 0 spiro atoms. The molecule has 30 heavy (non-hydrogen) atoms. The Bertz CT molecular complexity index is 1050. The molecule has 1 aliphatic rings. The summed E-state index contributed by atoms with van der Waals surface area (Å²) in [5, 5.41) is 23.8. The molecule has 2 aromatic heterocycles. The van der Waals surface area contributed by atoms with E-state index in [-0.39, 0.29) is 23.8 Å². The van der Waals surface area contributed by atoms with Gasteiger partial charge in [-0.3, -0.25) is 4.79 Å². The minimum atomic E-state index is -0.172. The number of pyridine rings is 1. The second-order valence-electron chi connectivity index (χ2n) is 7.15. The summed E-state index contributed by atoms with van der Waals surface area (Å²) >= 11 is 1.40. The number of ether oxygens (including phenoxy) is 1. The maximum atomic E-state index is 12.6. The zero-order valence-electron chi connectivity index (χ0n) is 16.1. The van der Waals surface area contributed by atoms with Crippen molar-refractivity contribution in [2.24, 2.45) is 0 Å². The number of carbonyl (C=O) groups excluding carboxylic acids is 1. The van der Waals surface area contributed by atoms with Crippen molar-refractivity contribution in [3.05, 3.63) is 59.2 Å². The molecular formula is C22H20N4O3S. The van der Waals surface area contributed by atoms with E-state index in [1.807, 2.05) is 6.07 Å². The standard InChI is InChI=1S/C22H20N4O3S/c23-11-14-1-10-20(24-12-14)29-18-8-4-16(5-9-18)25-21(28)19-13-30-22(26-19)15-2-6-17(27)7-3-15/h1-3,6-7,10,12-13,16,18,27H,4-5,8-9H2,(H,25,28). The Morgan fingerprint density at radius 2 is 1.93 bits per heavy atom. The lowest BCUT2D eigenvalue weighted by molar-refractivity contribution is 0.0886. The van der Waals surface area contributed by atoms with E-state index >= 15 is 0 Å². The lowest BCUT2D eigenvalue weighted by atomic mass is 9.93. The first-order valence-corrected chi connectivity index (χ1v) is 10.6. The van der Waals surface area contributed by atoms with Crippen molar-refractivity contribution in [3.63, 3.8) is 0 Å². The van der Waals surface area contributed by atoms with E-state index in [0.29, 0.717) is 17.1 Å². The number of phenols is 1. The fraction of sp³-hybridized carbons (Fsp3) is 0.273. The maximum Gasteiger partial charge on any atom is 0.270 e. The van der Waals surface area contributed by atoms with E-state index < -0.39 is 0 Å². The molecule has 0 aliphatic heterocycles. The van der Waals surface area contributed by atoms with Crippen molar-refractivity contribution < 1.29 is 14.6 Å². The minimum absolute atomic E-state index is 0.0546. The third kappa shape index (κ3) is 4.75. The zero-order valence-corrected chi connectivity index (χ0v) is 16.9. The minimum Gasteiger partial charge on any atom is -0.508 e. The summed E-state index contributed by atoms with van der Waals surface area (Å²) in [6, 6.07) is 12.3. The normalized spacial score (nSPS) is 18.4. The van der Waals surface area contributed by atoms with E-state index in [2.05, 4.69) is 15.3 Å². The number of benzene rings is 1. The molecule has 0 unspecified atom stereocenters. The first-order chi connectivity index (χ1) is 14.6. The lowest BCUT2D eigenvalue weighted by Gasteiger charge is -2.29. The zero-order chi connectivity index (χ0) is 20.9. The summed E-state index contributed by atoms with van der Waals surface area (Å²) < 4.78 is 5.89. The monoisotopic (exact) mass is 420 g/mol. The number of thiazole rings is 1. The number of hydrogen-bond donors (Lipinski definition) is 2. The van der Waals surface area contributed by atoms with Gasteiger partial charge >= 0.3 is 0 Å². The highest BCUT2D eigenvalue weighted by atomic mass is 32.1. The average Bonchev–Trinajstić information content (AvgIpc) is 3.27. The van der Waals surface area contributed by atoms with Crippen LogP contribution in [0.2, 0.25) is 0 Å². The number of hydrogen-bond acceptors (Lipinski definition) is 7. The molecular weight excluding hydrogens is 400 g/mol. The molecule has 0 bridgehead atoms. The highest BCUT2D eigenvalue weighted by Crippen LogP contribution is 2.26. The molecule has 7 nitrogen and oxygen atoms in total. The van der Waals surface area contributed by atoms with Gasteiger partial charge in [0.15, 0.2) is 0 Å². The lowest BCUT2D eigenvalue weighted by Crippen LogP contribution is -2.39. The van der Waals surface area contributed by atoms with Gasteiger partial charge in [0.05, 0.1) is 5.56 Å². The number of nitrogens with zero attached hydrogens (tertiary/aromatic N) is 3. The van der Waals surface area contributed by atoms with Gasteiger partial charge in [-0.15, -0.1) is 11.3 Å².